The first-order valence-electron chi connectivity index (χ1n) is 13.0. The van der Waals surface area contributed by atoms with Crippen LogP contribution in [0.25, 0.3) is 21.9 Å². The van der Waals surface area contributed by atoms with Crippen LogP contribution >= 0.6 is 0 Å². The minimum atomic E-state index is -2.61. The second-order valence-corrected chi connectivity index (χ2v) is 10.3. The molecule has 6 nitrogen and oxygen atoms in total. The van der Waals surface area contributed by atoms with E-state index in [-0.39, 0.29) is 11.5 Å². The monoisotopic (exact) mass is 503 g/mol. The number of nitrogens with one attached hydrogen (secondary N) is 1. The molecule has 1 N–H and O–H groups in total. The zero-order valence-corrected chi connectivity index (χ0v) is 21.2. The largest absolute Gasteiger partial charge is 0.341 e. The van der Waals surface area contributed by atoms with Gasteiger partial charge < -0.3 is 10.2 Å². The lowest BCUT2D eigenvalue weighted by molar-refractivity contribution is 0.0937. The number of aromatic nitrogens is 3. The highest BCUT2D eigenvalue weighted by Gasteiger charge is 2.27. The second kappa shape index (κ2) is 9.41. The number of alkyl halides is 2. The Bertz CT molecular complexity index is 1480. The summed E-state index contributed by atoms with van der Waals surface area (Å²) < 4.78 is 32.0. The average Bonchev–Trinajstić information content (AvgIpc) is 3.54. The number of anilines is 2. The summed E-state index contributed by atoms with van der Waals surface area (Å²) in [6, 6.07) is 8.03. The van der Waals surface area contributed by atoms with E-state index < -0.39 is 6.43 Å². The smallest absolute Gasteiger partial charge is 0.264 e. The normalized spacial score (nSPS) is 16.5. The molecular weight excluding hydrogens is 472 g/mol. The van der Waals surface area contributed by atoms with Gasteiger partial charge in [-0.2, -0.15) is 5.10 Å². The fraction of sp³-hybridized carbons (Fsp3) is 0.379. The molecule has 1 fully saturated rings. The first kappa shape index (κ1) is 23.9. The van der Waals surface area contributed by atoms with E-state index in [2.05, 4.69) is 27.4 Å². The van der Waals surface area contributed by atoms with Gasteiger partial charge in [-0.1, -0.05) is 0 Å². The maximum Gasteiger partial charge on any atom is 0.264 e. The van der Waals surface area contributed by atoms with Crippen molar-refractivity contribution in [3.8, 4) is 11.1 Å². The van der Waals surface area contributed by atoms with Gasteiger partial charge in [0.2, 0.25) is 5.91 Å². The van der Waals surface area contributed by atoms with Crippen molar-refractivity contribution in [1.29, 1.82) is 0 Å². The number of hydrogen-bond acceptors (Lipinski definition) is 4. The number of fused-ring (bicyclic) bond motifs is 2. The van der Waals surface area contributed by atoms with Gasteiger partial charge in [0.1, 0.15) is 0 Å². The summed E-state index contributed by atoms with van der Waals surface area (Å²) in [5.74, 6) is 0.379. The van der Waals surface area contributed by atoms with Gasteiger partial charge >= 0.3 is 0 Å². The Morgan fingerprint density at radius 3 is 2.59 bits per heavy atom. The lowest BCUT2D eigenvalue weighted by atomic mass is 9.88. The van der Waals surface area contributed by atoms with Crippen molar-refractivity contribution in [2.24, 2.45) is 7.05 Å². The Morgan fingerprint density at radius 2 is 1.89 bits per heavy atom. The number of nitrogens with zero attached hydrogens (tertiary/aromatic N) is 4. The highest BCUT2D eigenvalue weighted by Crippen LogP contribution is 2.44. The van der Waals surface area contributed by atoms with Crippen LogP contribution in [0.5, 0.6) is 0 Å². The van der Waals surface area contributed by atoms with Crippen LogP contribution in [0.3, 0.4) is 0 Å². The predicted octanol–water partition coefficient (Wildman–Crippen LogP) is 6.19. The molecule has 0 unspecified atom stereocenters. The van der Waals surface area contributed by atoms with Gasteiger partial charge in [-0.25, -0.2) is 8.78 Å². The summed E-state index contributed by atoms with van der Waals surface area (Å²) in [4.78, 5) is 14.4. The molecule has 0 atom stereocenters. The van der Waals surface area contributed by atoms with Crippen molar-refractivity contribution in [2.75, 3.05) is 24.5 Å². The van der Waals surface area contributed by atoms with Crippen LogP contribution in [0.4, 0.5) is 20.2 Å². The van der Waals surface area contributed by atoms with Crippen LogP contribution in [-0.2, 0) is 13.5 Å². The number of carbonyl (C=O) groups is 1. The fourth-order valence-corrected chi connectivity index (χ4v) is 5.94. The first-order chi connectivity index (χ1) is 17.9. The summed E-state index contributed by atoms with van der Waals surface area (Å²) in [5.41, 5.74) is 5.38. The third-order valence-electron chi connectivity index (χ3n) is 7.84. The predicted molar refractivity (Wildman–Crippen MR) is 142 cm³/mol. The number of hydrogen-bond donors (Lipinski definition) is 1. The third kappa shape index (κ3) is 4.33. The van der Waals surface area contributed by atoms with E-state index in [1.807, 2.05) is 18.5 Å². The number of piperidine rings is 1. The number of benzene rings is 2. The minimum absolute atomic E-state index is 0.0192. The van der Waals surface area contributed by atoms with E-state index in [4.69, 9.17) is 0 Å². The lowest BCUT2D eigenvalue weighted by Gasteiger charge is -2.34. The van der Waals surface area contributed by atoms with Gasteiger partial charge in [0.25, 0.3) is 6.43 Å². The molecule has 0 amide bonds. The van der Waals surface area contributed by atoms with Crippen LogP contribution in [0, 0.1) is 0 Å². The molecule has 2 aliphatic heterocycles. The van der Waals surface area contributed by atoms with Crippen LogP contribution in [0.15, 0.2) is 49.1 Å². The molecule has 2 aromatic heterocycles. The molecule has 0 saturated carbocycles. The first-order valence-corrected chi connectivity index (χ1v) is 13.0. The van der Waals surface area contributed by atoms with E-state index in [9.17, 15) is 13.6 Å². The average molecular weight is 504 g/mol. The molecule has 192 valence electrons. The number of carbonyl (C=O) groups excluding carboxylic acids is 1. The fourth-order valence-electron chi connectivity index (χ4n) is 5.94. The maximum atomic E-state index is 14.4. The highest BCUT2D eigenvalue weighted by atomic mass is 19.3. The van der Waals surface area contributed by atoms with E-state index in [0.29, 0.717) is 17.0 Å². The van der Waals surface area contributed by atoms with Crippen molar-refractivity contribution in [3.63, 3.8) is 0 Å². The number of rotatable bonds is 4. The van der Waals surface area contributed by atoms with Gasteiger partial charge in [0, 0.05) is 66.7 Å². The van der Waals surface area contributed by atoms with Gasteiger partial charge in [-0.05, 0) is 85.6 Å². The number of halogens is 2. The van der Waals surface area contributed by atoms with Crippen molar-refractivity contribution >= 4 is 28.1 Å². The van der Waals surface area contributed by atoms with Crippen LogP contribution in [-0.4, -0.2) is 39.9 Å². The third-order valence-corrected chi connectivity index (χ3v) is 7.84. The highest BCUT2D eigenvalue weighted by molar-refractivity contribution is 5.99. The molecule has 37 heavy (non-hydrogen) atoms. The van der Waals surface area contributed by atoms with E-state index in [0.717, 1.165) is 73.0 Å². The van der Waals surface area contributed by atoms with Crippen molar-refractivity contribution in [2.45, 2.75) is 45.0 Å². The van der Waals surface area contributed by atoms with Crippen LogP contribution in [0.2, 0.25) is 0 Å². The minimum Gasteiger partial charge on any atom is -0.341 e. The lowest BCUT2D eigenvalue weighted by Crippen LogP contribution is -2.27. The van der Waals surface area contributed by atoms with E-state index in [1.165, 1.54) is 5.56 Å². The summed E-state index contributed by atoms with van der Waals surface area (Å²) in [6.45, 7) is 4.25. The molecule has 1 saturated heterocycles. The van der Waals surface area contributed by atoms with Crippen molar-refractivity contribution < 1.29 is 13.6 Å². The zero-order chi connectivity index (χ0) is 25.7. The Kier molecular flexibility index (Phi) is 6.07. The summed E-state index contributed by atoms with van der Waals surface area (Å²) >= 11 is 0. The second-order valence-electron chi connectivity index (χ2n) is 10.3. The van der Waals surface area contributed by atoms with Crippen molar-refractivity contribution in [3.05, 3.63) is 65.7 Å². The zero-order valence-electron chi connectivity index (χ0n) is 21.2. The topological polar surface area (TPSA) is 55.1 Å². The molecule has 4 aromatic rings. The van der Waals surface area contributed by atoms with E-state index >= 15 is 0 Å². The summed E-state index contributed by atoms with van der Waals surface area (Å²) in [5, 5.41) is 9.61. The van der Waals surface area contributed by atoms with Gasteiger partial charge in [0.15, 0.2) is 0 Å². The quantitative estimate of drug-likeness (QED) is 0.361. The molecule has 2 aromatic carbocycles. The van der Waals surface area contributed by atoms with Crippen molar-refractivity contribution in [1.82, 2.24) is 19.7 Å². The number of aryl methyl sites for hydroxylation is 2. The Morgan fingerprint density at radius 1 is 1.08 bits per heavy atom. The maximum absolute atomic E-state index is 14.4. The molecule has 4 heterocycles. The van der Waals surface area contributed by atoms with Crippen LogP contribution < -0.4 is 10.2 Å². The molecule has 6 rings (SSSR count). The van der Waals surface area contributed by atoms with Gasteiger partial charge in [-0.3, -0.25) is 14.0 Å². The van der Waals surface area contributed by atoms with Gasteiger partial charge in [-0.15, -0.1) is 0 Å². The van der Waals surface area contributed by atoms with Crippen LogP contribution in [0.1, 0.15) is 60.0 Å². The molecule has 2 aliphatic rings. The Balaban J connectivity index is 1.53. The molecule has 0 spiro atoms. The molecule has 0 radical (unpaired) electrons. The summed E-state index contributed by atoms with van der Waals surface area (Å²) in [6.07, 6.45) is 8.45. The van der Waals surface area contributed by atoms with E-state index in [1.54, 1.807) is 41.7 Å². The standard InChI is InChI=1S/C29H31F2N5O/c1-18(37)35-16-22-10-21(19-5-7-32-8-6-19)12-28(26(22)17-35)36-9-3-4-20-11-24(23-14-33-34(2)15-23)25(29(30)31)13-27(20)36/h10-17,19,29,32H,3-9H2,1-2H3. The molecule has 0 bridgehead atoms. The molecular formula is C29H31F2N5O. The molecule has 8 heteroatoms. The van der Waals surface area contributed by atoms with Gasteiger partial charge in [0.05, 0.1) is 11.9 Å². The molecule has 0 aliphatic carbocycles. The Labute approximate surface area is 214 Å². The Hall–Kier alpha value is -3.52. The SMILES string of the molecule is CC(=O)n1cc2cc(C3CCNCC3)cc(N3CCCc4cc(-c5cnn(C)c5)c(C(F)F)cc43)c2c1. The summed E-state index contributed by atoms with van der Waals surface area (Å²) in [7, 11) is 1.79.